The Morgan fingerprint density at radius 3 is 2.95 bits per heavy atom. The Balaban J connectivity index is 1.86. The fourth-order valence-electron chi connectivity index (χ4n) is 1.65. The molecule has 0 aromatic carbocycles. The van der Waals surface area contributed by atoms with Crippen LogP contribution >= 0.6 is 0 Å². The predicted octanol–water partition coefficient (Wildman–Crippen LogP) is 0.347. The number of rotatable bonds is 5. The van der Waals surface area contributed by atoms with E-state index in [1.165, 1.54) is 24.5 Å². The molecule has 8 heteroatoms. The SMILES string of the molecule is CC(NC(=O)CN(C)C(=O)c1ccco1)c1ncn[nH]1. The minimum absolute atomic E-state index is 0.0714. The first kappa shape index (κ1) is 13.8. The van der Waals surface area contributed by atoms with E-state index in [-0.39, 0.29) is 30.2 Å². The van der Waals surface area contributed by atoms with E-state index in [1.54, 1.807) is 19.1 Å². The fraction of sp³-hybridized carbons (Fsp3) is 0.333. The number of furan rings is 1. The fourth-order valence-corrected chi connectivity index (χ4v) is 1.65. The highest BCUT2D eigenvalue weighted by Gasteiger charge is 2.18. The molecule has 2 rings (SSSR count). The molecule has 20 heavy (non-hydrogen) atoms. The van der Waals surface area contributed by atoms with Crippen LogP contribution in [0.25, 0.3) is 0 Å². The van der Waals surface area contributed by atoms with Crippen LogP contribution in [0.1, 0.15) is 29.3 Å². The second-order valence-electron chi connectivity index (χ2n) is 4.30. The number of nitrogens with zero attached hydrogens (tertiary/aromatic N) is 3. The highest BCUT2D eigenvalue weighted by Crippen LogP contribution is 2.06. The summed E-state index contributed by atoms with van der Waals surface area (Å²) < 4.78 is 4.99. The molecule has 8 nitrogen and oxygen atoms in total. The number of carbonyl (C=O) groups excluding carboxylic acids is 2. The zero-order valence-corrected chi connectivity index (χ0v) is 11.2. The number of carbonyl (C=O) groups is 2. The smallest absolute Gasteiger partial charge is 0.289 e. The molecule has 0 aliphatic rings. The monoisotopic (exact) mass is 277 g/mol. The van der Waals surface area contributed by atoms with E-state index in [0.717, 1.165) is 0 Å². The van der Waals surface area contributed by atoms with Gasteiger partial charge < -0.3 is 14.6 Å². The van der Waals surface area contributed by atoms with E-state index >= 15 is 0 Å². The minimum atomic E-state index is -0.350. The van der Waals surface area contributed by atoms with Crippen LogP contribution in [0.5, 0.6) is 0 Å². The zero-order chi connectivity index (χ0) is 14.5. The van der Waals surface area contributed by atoms with Crippen molar-refractivity contribution in [1.82, 2.24) is 25.4 Å². The van der Waals surface area contributed by atoms with Crippen molar-refractivity contribution in [3.63, 3.8) is 0 Å². The molecule has 1 unspecified atom stereocenters. The average Bonchev–Trinajstić information content (AvgIpc) is 3.10. The summed E-state index contributed by atoms with van der Waals surface area (Å²) in [5.74, 6) is 0.107. The van der Waals surface area contributed by atoms with Crippen molar-refractivity contribution < 1.29 is 14.0 Å². The number of likely N-dealkylation sites (N-methyl/N-ethyl adjacent to an activating group) is 1. The molecule has 1 atom stereocenters. The summed E-state index contributed by atoms with van der Waals surface area (Å²) in [7, 11) is 1.53. The van der Waals surface area contributed by atoms with Gasteiger partial charge in [0.2, 0.25) is 5.91 Å². The second-order valence-corrected chi connectivity index (χ2v) is 4.30. The van der Waals surface area contributed by atoms with Gasteiger partial charge in [0.05, 0.1) is 18.8 Å². The lowest BCUT2D eigenvalue weighted by Gasteiger charge is -2.17. The van der Waals surface area contributed by atoms with Crippen LogP contribution in [0.4, 0.5) is 0 Å². The molecule has 106 valence electrons. The lowest BCUT2D eigenvalue weighted by molar-refractivity contribution is -0.122. The molecule has 0 aliphatic carbocycles. The van der Waals surface area contributed by atoms with Crippen LogP contribution < -0.4 is 5.32 Å². The third kappa shape index (κ3) is 3.22. The van der Waals surface area contributed by atoms with E-state index in [1.807, 2.05) is 0 Å². The molecule has 0 spiro atoms. The Morgan fingerprint density at radius 1 is 1.55 bits per heavy atom. The molecular formula is C12H15N5O3. The second kappa shape index (κ2) is 6.00. The van der Waals surface area contributed by atoms with E-state index in [9.17, 15) is 9.59 Å². The van der Waals surface area contributed by atoms with Gasteiger partial charge in [-0.15, -0.1) is 0 Å². The van der Waals surface area contributed by atoms with Gasteiger partial charge in [-0.2, -0.15) is 5.10 Å². The van der Waals surface area contributed by atoms with Crippen molar-refractivity contribution >= 4 is 11.8 Å². The van der Waals surface area contributed by atoms with Crippen molar-refractivity contribution in [2.24, 2.45) is 0 Å². The van der Waals surface area contributed by atoms with E-state index in [2.05, 4.69) is 20.5 Å². The molecule has 0 bridgehead atoms. The molecule has 2 N–H and O–H groups in total. The van der Waals surface area contributed by atoms with Crippen LogP contribution in [-0.4, -0.2) is 45.5 Å². The van der Waals surface area contributed by atoms with Gasteiger partial charge in [0.25, 0.3) is 5.91 Å². The molecule has 0 radical (unpaired) electrons. The van der Waals surface area contributed by atoms with Crippen molar-refractivity contribution in [3.05, 3.63) is 36.3 Å². The zero-order valence-electron chi connectivity index (χ0n) is 11.2. The van der Waals surface area contributed by atoms with E-state index < -0.39 is 0 Å². The lowest BCUT2D eigenvalue weighted by Crippen LogP contribution is -2.39. The number of hydrogen-bond acceptors (Lipinski definition) is 5. The highest BCUT2D eigenvalue weighted by molar-refractivity contribution is 5.94. The largest absolute Gasteiger partial charge is 0.459 e. The van der Waals surface area contributed by atoms with Crippen molar-refractivity contribution in [2.75, 3.05) is 13.6 Å². The summed E-state index contributed by atoms with van der Waals surface area (Å²) in [6.07, 6.45) is 2.78. The maximum absolute atomic E-state index is 11.9. The van der Waals surface area contributed by atoms with Gasteiger partial charge in [0.15, 0.2) is 5.76 Å². The minimum Gasteiger partial charge on any atom is -0.459 e. The van der Waals surface area contributed by atoms with Crippen LogP contribution in [0.3, 0.4) is 0 Å². The van der Waals surface area contributed by atoms with Crippen LogP contribution in [0, 0.1) is 0 Å². The van der Waals surface area contributed by atoms with Crippen LogP contribution in [-0.2, 0) is 4.79 Å². The molecule has 2 aromatic rings. The Morgan fingerprint density at radius 2 is 2.35 bits per heavy atom. The normalized spacial score (nSPS) is 11.9. The van der Waals surface area contributed by atoms with Gasteiger partial charge in [0.1, 0.15) is 12.2 Å². The number of aromatic amines is 1. The van der Waals surface area contributed by atoms with Gasteiger partial charge in [-0.25, -0.2) is 4.98 Å². The Kier molecular flexibility index (Phi) is 4.14. The molecule has 0 saturated carbocycles. The molecule has 2 amide bonds. The summed E-state index contributed by atoms with van der Waals surface area (Å²) >= 11 is 0. The topological polar surface area (TPSA) is 104 Å². The first-order valence-corrected chi connectivity index (χ1v) is 6.01. The molecular weight excluding hydrogens is 262 g/mol. The maximum atomic E-state index is 11.9. The molecule has 0 saturated heterocycles. The number of nitrogens with one attached hydrogen (secondary N) is 2. The number of hydrogen-bond donors (Lipinski definition) is 2. The number of aromatic nitrogens is 3. The lowest BCUT2D eigenvalue weighted by atomic mass is 10.3. The standard InChI is InChI=1S/C12H15N5O3/c1-8(11-13-7-14-16-11)15-10(18)6-17(2)12(19)9-4-3-5-20-9/h3-5,7-8H,6H2,1-2H3,(H,15,18)(H,13,14,16). The van der Waals surface area contributed by atoms with Crippen LogP contribution in [0.2, 0.25) is 0 Å². The molecule has 0 fully saturated rings. The summed E-state index contributed by atoms with van der Waals surface area (Å²) in [5.41, 5.74) is 0. The number of amides is 2. The summed E-state index contributed by atoms with van der Waals surface area (Å²) in [6, 6.07) is 2.86. The quantitative estimate of drug-likeness (QED) is 0.820. The summed E-state index contributed by atoms with van der Waals surface area (Å²) in [5, 5.41) is 9.09. The third-order valence-electron chi connectivity index (χ3n) is 2.68. The summed E-state index contributed by atoms with van der Waals surface area (Å²) in [4.78, 5) is 28.9. The van der Waals surface area contributed by atoms with Gasteiger partial charge in [-0.3, -0.25) is 14.7 Å². The maximum Gasteiger partial charge on any atom is 0.289 e. The Hall–Kier alpha value is -2.64. The van der Waals surface area contributed by atoms with Gasteiger partial charge >= 0.3 is 0 Å². The van der Waals surface area contributed by atoms with Gasteiger partial charge in [0, 0.05) is 7.05 Å². The Bertz CT molecular complexity index is 564. The van der Waals surface area contributed by atoms with Crippen molar-refractivity contribution in [2.45, 2.75) is 13.0 Å². The van der Waals surface area contributed by atoms with Gasteiger partial charge in [-0.05, 0) is 19.1 Å². The Labute approximate surface area is 115 Å². The first-order chi connectivity index (χ1) is 9.58. The highest BCUT2D eigenvalue weighted by atomic mass is 16.3. The van der Waals surface area contributed by atoms with E-state index in [4.69, 9.17) is 4.42 Å². The summed E-state index contributed by atoms with van der Waals surface area (Å²) in [6.45, 7) is 1.70. The van der Waals surface area contributed by atoms with Crippen LogP contribution in [0.15, 0.2) is 29.1 Å². The van der Waals surface area contributed by atoms with E-state index in [0.29, 0.717) is 5.82 Å². The first-order valence-electron chi connectivity index (χ1n) is 6.01. The average molecular weight is 277 g/mol. The molecule has 2 aromatic heterocycles. The third-order valence-corrected chi connectivity index (χ3v) is 2.68. The van der Waals surface area contributed by atoms with Crippen molar-refractivity contribution in [1.29, 1.82) is 0 Å². The predicted molar refractivity (Wildman–Crippen MR) is 68.6 cm³/mol. The molecule has 0 aliphatic heterocycles. The number of H-pyrrole nitrogens is 1. The van der Waals surface area contributed by atoms with Crippen molar-refractivity contribution in [3.8, 4) is 0 Å². The van der Waals surface area contributed by atoms with Gasteiger partial charge in [-0.1, -0.05) is 0 Å². The molecule has 2 heterocycles.